The first kappa shape index (κ1) is 24.1. The zero-order chi connectivity index (χ0) is 25.6. The number of fused-ring (bicyclic) bond motifs is 1. The van der Waals surface area contributed by atoms with Crippen molar-refractivity contribution in [3.8, 4) is 5.69 Å². The Morgan fingerprint density at radius 3 is 2.56 bits per heavy atom. The molecule has 2 N–H and O–H groups in total. The predicted molar refractivity (Wildman–Crippen MR) is 141 cm³/mol. The van der Waals surface area contributed by atoms with Crippen LogP contribution < -0.4 is 20.7 Å². The van der Waals surface area contributed by atoms with Crippen molar-refractivity contribution in [2.24, 2.45) is 5.41 Å². The van der Waals surface area contributed by atoms with Gasteiger partial charge >= 0.3 is 0 Å². The van der Waals surface area contributed by atoms with Crippen LogP contribution >= 0.6 is 0 Å². The summed E-state index contributed by atoms with van der Waals surface area (Å²) in [4.78, 5) is 41.2. The number of carbonyl (C=O) groups is 1. The summed E-state index contributed by atoms with van der Waals surface area (Å²) >= 11 is 0. The van der Waals surface area contributed by atoms with Gasteiger partial charge in [0.25, 0.3) is 5.56 Å². The van der Waals surface area contributed by atoms with E-state index in [1.54, 1.807) is 24.2 Å². The molecule has 1 aromatic carbocycles. The van der Waals surface area contributed by atoms with Crippen LogP contribution in [-0.4, -0.2) is 70.3 Å². The molecule has 2 aliphatic heterocycles. The largest absolute Gasteiger partial charge is 0.349 e. The molecule has 1 saturated heterocycles. The highest BCUT2D eigenvalue weighted by Gasteiger charge is 2.41. The second-order valence-corrected chi connectivity index (χ2v) is 10.6. The van der Waals surface area contributed by atoms with Crippen LogP contribution in [0.4, 0.5) is 23.1 Å². The summed E-state index contributed by atoms with van der Waals surface area (Å²) in [6, 6.07) is 9.34. The number of hydrogen-bond acceptors (Lipinski definition) is 7. The van der Waals surface area contributed by atoms with E-state index in [-0.39, 0.29) is 17.5 Å². The lowest BCUT2D eigenvalue weighted by atomic mass is 9.90. The molecule has 36 heavy (non-hydrogen) atoms. The zero-order valence-electron chi connectivity index (χ0n) is 21.6. The van der Waals surface area contributed by atoms with Crippen LogP contribution in [0.1, 0.15) is 32.4 Å². The Kier molecular flexibility index (Phi) is 6.07. The Labute approximate surface area is 210 Å². The number of aryl methyl sites for hydroxylation is 1. The molecule has 1 atom stereocenters. The Morgan fingerprint density at radius 2 is 1.89 bits per heavy atom. The first-order valence-electron chi connectivity index (χ1n) is 12.4. The Morgan fingerprint density at radius 1 is 1.14 bits per heavy atom. The van der Waals surface area contributed by atoms with Crippen LogP contribution in [0, 0.1) is 12.3 Å². The molecule has 2 aliphatic rings. The number of benzene rings is 1. The monoisotopic (exact) mass is 490 g/mol. The number of likely N-dealkylation sites (tertiary alicyclic amines) is 1. The van der Waals surface area contributed by atoms with Crippen LogP contribution in [0.2, 0.25) is 0 Å². The molecule has 2 aromatic heterocycles. The number of aromatic amines is 1. The minimum atomic E-state index is -0.552. The molecule has 1 unspecified atom stereocenters. The molecule has 0 saturated carbocycles. The standard InChI is InChI=1S/C26H34N8O2/c1-17-13-22(35)34(30-17)19-10-8-18(9-11-19)28-25-27-14-21-23(29-25)33(20-7-6-12-31(4)15-20)16-26(2,3)24(36)32(21)5/h8-11,13-14,20,30H,6-7,12,15-16H2,1-5H3,(H,27,28,29). The Balaban J connectivity index is 1.47. The molecule has 0 spiro atoms. The lowest BCUT2D eigenvalue weighted by molar-refractivity contribution is -0.125. The molecule has 0 aliphatic carbocycles. The van der Waals surface area contributed by atoms with Gasteiger partial charge in [-0.15, -0.1) is 0 Å². The fourth-order valence-electron chi connectivity index (χ4n) is 5.23. The molecule has 1 amide bonds. The first-order valence-corrected chi connectivity index (χ1v) is 12.4. The van der Waals surface area contributed by atoms with Crippen LogP contribution in [0.25, 0.3) is 5.69 Å². The van der Waals surface area contributed by atoms with Crippen LogP contribution in [0.3, 0.4) is 0 Å². The number of amides is 1. The molecule has 190 valence electrons. The maximum Gasteiger partial charge on any atom is 0.271 e. The van der Waals surface area contributed by atoms with Gasteiger partial charge in [0.15, 0.2) is 5.82 Å². The van der Waals surface area contributed by atoms with Gasteiger partial charge in [0.1, 0.15) is 5.69 Å². The number of aromatic nitrogens is 4. The number of hydrogen-bond donors (Lipinski definition) is 2. The molecular weight excluding hydrogens is 456 g/mol. The van der Waals surface area contributed by atoms with Crippen molar-refractivity contribution in [3.05, 3.63) is 52.6 Å². The third-order valence-electron chi connectivity index (χ3n) is 7.10. The average Bonchev–Trinajstić information content (AvgIpc) is 3.16. The van der Waals surface area contributed by atoms with Crippen molar-refractivity contribution in [1.29, 1.82) is 0 Å². The quantitative estimate of drug-likeness (QED) is 0.580. The van der Waals surface area contributed by atoms with E-state index in [1.165, 1.54) is 4.68 Å². The van der Waals surface area contributed by atoms with Crippen LogP contribution in [-0.2, 0) is 4.79 Å². The average molecular weight is 491 g/mol. The van der Waals surface area contributed by atoms with E-state index in [0.29, 0.717) is 12.5 Å². The summed E-state index contributed by atoms with van der Waals surface area (Å²) in [6.07, 6.45) is 3.91. The van der Waals surface area contributed by atoms with Crippen molar-refractivity contribution in [3.63, 3.8) is 0 Å². The summed E-state index contributed by atoms with van der Waals surface area (Å²) in [5.74, 6) is 1.30. The number of anilines is 4. The van der Waals surface area contributed by atoms with Crippen molar-refractivity contribution in [1.82, 2.24) is 24.6 Å². The van der Waals surface area contributed by atoms with Gasteiger partial charge in [-0.25, -0.2) is 9.67 Å². The van der Waals surface area contributed by atoms with Gasteiger partial charge in [-0.1, -0.05) is 0 Å². The van der Waals surface area contributed by atoms with Gasteiger partial charge in [0.2, 0.25) is 11.9 Å². The molecule has 5 rings (SSSR count). The van der Waals surface area contributed by atoms with E-state index in [4.69, 9.17) is 4.98 Å². The summed E-state index contributed by atoms with van der Waals surface area (Å²) in [6.45, 7) is 8.46. The lowest BCUT2D eigenvalue weighted by Crippen LogP contribution is -2.51. The zero-order valence-corrected chi connectivity index (χ0v) is 21.6. The van der Waals surface area contributed by atoms with Crippen molar-refractivity contribution < 1.29 is 4.79 Å². The number of nitrogens with one attached hydrogen (secondary N) is 2. The van der Waals surface area contributed by atoms with Crippen molar-refractivity contribution in [2.75, 3.05) is 48.8 Å². The molecule has 4 heterocycles. The van der Waals surface area contributed by atoms with Gasteiger partial charge in [-0.2, -0.15) is 4.98 Å². The molecule has 0 bridgehead atoms. The maximum absolute atomic E-state index is 13.3. The van der Waals surface area contributed by atoms with E-state index >= 15 is 0 Å². The van der Waals surface area contributed by atoms with Gasteiger partial charge in [0, 0.05) is 43.6 Å². The number of rotatable bonds is 4. The lowest BCUT2D eigenvalue weighted by Gasteiger charge is -2.40. The summed E-state index contributed by atoms with van der Waals surface area (Å²) in [5.41, 5.74) is 2.43. The van der Waals surface area contributed by atoms with Gasteiger partial charge < -0.3 is 20.0 Å². The number of piperidine rings is 1. The Hall–Kier alpha value is -3.66. The van der Waals surface area contributed by atoms with Gasteiger partial charge in [0.05, 0.1) is 17.3 Å². The minimum absolute atomic E-state index is 0.0603. The normalized spacial score (nSPS) is 20.2. The van der Waals surface area contributed by atoms with Crippen LogP contribution in [0.5, 0.6) is 0 Å². The van der Waals surface area contributed by atoms with Crippen LogP contribution in [0.15, 0.2) is 41.3 Å². The summed E-state index contributed by atoms with van der Waals surface area (Å²) < 4.78 is 1.51. The molecule has 3 aromatic rings. The second-order valence-electron chi connectivity index (χ2n) is 10.6. The smallest absolute Gasteiger partial charge is 0.271 e. The van der Waals surface area contributed by atoms with Crippen molar-refractivity contribution >= 4 is 29.0 Å². The first-order chi connectivity index (χ1) is 17.1. The van der Waals surface area contributed by atoms with E-state index in [0.717, 1.165) is 54.5 Å². The number of nitrogens with zero attached hydrogens (tertiary/aromatic N) is 6. The minimum Gasteiger partial charge on any atom is -0.349 e. The third kappa shape index (κ3) is 4.48. The third-order valence-corrected chi connectivity index (χ3v) is 7.10. The molecular formula is C26H34N8O2. The number of likely N-dealkylation sites (N-methyl/N-ethyl adjacent to an activating group) is 1. The summed E-state index contributed by atoms with van der Waals surface area (Å²) in [5, 5.41) is 6.33. The molecule has 10 heteroatoms. The topological polar surface area (TPSA) is 102 Å². The number of H-pyrrole nitrogens is 1. The fourth-order valence-corrected chi connectivity index (χ4v) is 5.23. The van der Waals surface area contributed by atoms with E-state index < -0.39 is 5.41 Å². The van der Waals surface area contributed by atoms with Gasteiger partial charge in [-0.3, -0.25) is 14.7 Å². The highest BCUT2D eigenvalue weighted by Crippen LogP contribution is 2.38. The van der Waals surface area contributed by atoms with Gasteiger partial charge in [-0.05, 0) is 71.5 Å². The Bertz CT molecular complexity index is 1330. The highest BCUT2D eigenvalue weighted by molar-refractivity contribution is 6.00. The maximum atomic E-state index is 13.3. The van der Waals surface area contributed by atoms with E-state index in [9.17, 15) is 9.59 Å². The predicted octanol–water partition coefficient (Wildman–Crippen LogP) is 2.91. The number of carbonyl (C=O) groups excluding carboxylic acids is 1. The fraction of sp³-hybridized carbons (Fsp3) is 0.462. The highest BCUT2D eigenvalue weighted by atomic mass is 16.2. The van der Waals surface area contributed by atoms with Crippen molar-refractivity contribution in [2.45, 2.75) is 39.7 Å². The molecule has 10 nitrogen and oxygen atoms in total. The second kappa shape index (κ2) is 9.09. The van der Waals surface area contributed by atoms with E-state index in [1.807, 2.05) is 45.0 Å². The molecule has 1 fully saturated rings. The summed E-state index contributed by atoms with van der Waals surface area (Å²) in [7, 11) is 3.95. The molecule has 0 radical (unpaired) electrons. The SMILES string of the molecule is Cc1cc(=O)n(-c2ccc(Nc3ncc4c(n3)N(C3CCCN(C)C3)CC(C)(C)C(=O)N4C)cc2)[nH]1. The van der Waals surface area contributed by atoms with E-state index in [2.05, 4.69) is 32.2 Å².